The van der Waals surface area contributed by atoms with Crippen LogP contribution in [0.25, 0.3) is 0 Å². The number of anilines is 1. The molecule has 1 aromatic rings. The van der Waals surface area contributed by atoms with Gasteiger partial charge in [0.25, 0.3) is 0 Å². The van der Waals surface area contributed by atoms with Crippen LogP contribution in [0.5, 0.6) is 0 Å². The fraction of sp³-hybridized carbons (Fsp3) is 0.500. The predicted octanol–water partition coefficient (Wildman–Crippen LogP) is 2.77. The summed E-state index contributed by atoms with van der Waals surface area (Å²) in [6.07, 6.45) is 2.22. The Hall–Kier alpha value is -1.56. The van der Waals surface area contributed by atoms with Gasteiger partial charge in [-0.2, -0.15) is 0 Å². The lowest BCUT2D eigenvalue weighted by atomic mass is 9.95. The average molecular weight is 286 g/mol. The second-order valence-electron chi connectivity index (χ2n) is 5.25. The van der Waals surface area contributed by atoms with Gasteiger partial charge in [0.05, 0.1) is 5.69 Å². The number of nitrogens with one attached hydrogen (secondary N) is 1. The fourth-order valence-corrected chi connectivity index (χ4v) is 2.53. The largest absolute Gasteiger partial charge is 0.323 e. The van der Waals surface area contributed by atoms with Gasteiger partial charge in [-0.05, 0) is 44.5 Å². The summed E-state index contributed by atoms with van der Waals surface area (Å²) in [5, 5.41) is 2.30. The van der Waals surface area contributed by atoms with Gasteiger partial charge in [-0.15, -0.1) is 0 Å². The van der Waals surface area contributed by atoms with Crippen molar-refractivity contribution in [3.8, 4) is 0 Å². The van der Waals surface area contributed by atoms with Crippen LogP contribution >= 0.6 is 0 Å². The number of carbonyl (C=O) groups is 1. The van der Waals surface area contributed by atoms with E-state index in [2.05, 4.69) is 10.2 Å². The summed E-state index contributed by atoms with van der Waals surface area (Å²) in [4.78, 5) is 14.0. The van der Waals surface area contributed by atoms with Gasteiger partial charge in [0, 0.05) is 13.0 Å². The van der Waals surface area contributed by atoms with Crippen LogP contribution in [0.2, 0.25) is 0 Å². The molecule has 3 nitrogen and oxygen atoms in total. The van der Waals surface area contributed by atoms with Crippen LogP contribution in [0.4, 0.5) is 18.9 Å². The summed E-state index contributed by atoms with van der Waals surface area (Å²) in [7, 11) is 1.99. The number of hydrogen-bond donors (Lipinski definition) is 1. The van der Waals surface area contributed by atoms with E-state index in [1.807, 2.05) is 7.05 Å². The molecule has 1 atom stereocenters. The first kappa shape index (κ1) is 14.8. The molecule has 0 radical (unpaired) electrons. The van der Waals surface area contributed by atoms with E-state index >= 15 is 0 Å². The molecule has 0 aliphatic carbocycles. The molecule has 1 aromatic carbocycles. The van der Waals surface area contributed by atoms with Crippen LogP contribution in [0, 0.1) is 23.4 Å². The van der Waals surface area contributed by atoms with Crippen molar-refractivity contribution in [1.82, 2.24) is 4.90 Å². The lowest BCUT2D eigenvalue weighted by molar-refractivity contribution is -0.117. The zero-order chi connectivity index (χ0) is 14.7. The number of halogens is 3. The Morgan fingerprint density at radius 2 is 2.10 bits per heavy atom. The minimum atomic E-state index is -1.57. The number of benzene rings is 1. The Kier molecular flexibility index (Phi) is 4.65. The molecular formula is C14H17F3N2O. The Bertz CT molecular complexity index is 507. The molecule has 20 heavy (non-hydrogen) atoms. The summed E-state index contributed by atoms with van der Waals surface area (Å²) in [5.41, 5.74) is -0.321. The molecule has 6 heteroatoms. The zero-order valence-corrected chi connectivity index (χ0v) is 11.3. The second kappa shape index (κ2) is 6.26. The maximum Gasteiger partial charge on any atom is 0.224 e. The van der Waals surface area contributed by atoms with Crippen molar-refractivity contribution in [1.29, 1.82) is 0 Å². The number of piperidine rings is 1. The summed E-state index contributed by atoms with van der Waals surface area (Å²) < 4.78 is 39.2. The number of carbonyl (C=O) groups excluding carboxylic acids is 1. The van der Waals surface area contributed by atoms with Gasteiger partial charge in [-0.3, -0.25) is 4.79 Å². The second-order valence-corrected chi connectivity index (χ2v) is 5.25. The molecular weight excluding hydrogens is 269 g/mol. The van der Waals surface area contributed by atoms with Crippen molar-refractivity contribution in [2.75, 3.05) is 25.5 Å². The van der Waals surface area contributed by atoms with E-state index in [0.29, 0.717) is 0 Å². The highest BCUT2D eigenvalue weighted by atomic mass is 19.2. The Balaban J connectivity index is 1.96. The van der Waals surface area contributed by atoms with E-state index in [0.717, 1.165) is 38.1 Å². The summed E-state index contributed by atoms with van der Waals surface area (Å²) in [6, 6.07) is 1.82. The number of amides is 1. The van der Waals surface area contributed by atoms with Crippen molar-refractivity contribution in [3.05, 3.63) is 29.6 Å². The number of hydrogen-bond acceptors (Lipinski definition) is 2. The smallest absolute Gasteiger partial charge is 0.224 e. The molecule has 1 amide bonds. The fourth-order valence-electron chi connectivity index (χ4n) is 2.53. The summed E-state index contributed by atoms with van der Waals surface area (Å²) >= 11 is 0. The van der Waals surface area contributed by atoms with Crippen molar-refractivity contribution in [3.63, 3.8) is 0 Å². The van der Waals surface area contributed by atoms with E-state index in [9.17, 15) is 18.0 Å². The van der Waals surface area contributed by atoms with Crippen molar-refractivity contribution >= 4 is 11.6 Å². The molecule has 1 heterocycles. The molecule has 0 saturated carbocycles. The minimum Gasteiger partial charge on any atom is -0.323 e. The normalized spacial score (nSPS) is 19.9. The van der Waals surface area contributed by atoms with Crippen LogP contribution in [0.1, 0.15) is 19.3 Å². The molecule has 0 aromatic heterocycles. The first-order valence-electron chi connectivity index (χ1n) is 6.59. The average Bonchev–Trinajstić information content (AvgIpc) is 2.39. The SMILES string of the molecule is CN1CCCC(CC(=O)Nc2ccc(F)c(F)c2F)C1. The van der Waals surface area contributed by atoms with Gasteiger partial charge in [0.2, 0.25) is 5.91 Å². The monoisotopic (exact) mass is 286 g/mol. The number of nitrogens with zero attached hydrogens (tertiary/aromatic N) is 1. The summed E-state index contributed by atoms with van der Waals surface area (Å²) in [6.45, 7) is 1.82. The van der Waals surface area contributed by atoms with Crippen molar-refractivity contribution in [2.45, 2.75) is 19.3 Å². The van der Waals surface area contributed by atoms with Crippen LogP contribution in [-0.4, -0.2) is 30.9 Å². The summed E-state index contributed by atoms with van der Waals surface area (Å²) in [5.74, 6) is -4.37. The maximum atomic E-state index is 13.4. The van der Waals surface area contributed by atoms with Crippen LogP contribution < -0.4 is 5.32 Å². The molecule has 110 valence electrons. The molecule has 1 aliphatic heterocycles. The third-order valence-electron chi connectivity index (χ3n) is 3.51. The molecule has 1 aliphatic rings. The standard InChI is InChI=1S/C14H17F3N2O/c1-19-6-2-3-9(8-19)7-12(20)18-11-5-4-10(15)13(16)14(11)17/h4-5,9H,2-3,6-8H2,1H3,(H,18,20). The highest BCUT2D eigenvalue weighted by Gasteiger charge is 2.21. The molecule has 1 saturated heterocycles. The molecule has 1 N–H and O–H groups in total. The van der Waals surface area contributed by atoms with Gasteiger partial charge in [0.1, 0.15) is 0 Å². The Labute approximate surface area is 115 Å². The van der Waals surface area contributed by atoms with E-state index in [4.69, 9.17) is 0 Å². The number of likely N-dealkylation sites (tertiary alicyclic amines) is 1. The topological polar surface area (TPSA) is 32.3 Å². The van der Waals surface area contributed by atoms with E-state index in [1.165, 1.54) is 0 Å². The van der Waals surface area contributed by atoms with Gasteiger partial charge in [-0.1, -0.05) is 0 Å². The zero-order valence-electron chi connectivity index (χ0n) is 11.3. The van der Waals surface area contributed by atoms with Crippen LogP contribution in [0.15, 0.2) is 12.1 Å². The minimum absolute atomic E-state index is 0.210. The van der Waals surface area contributed by atoms with Crippen molar-refractivity contribution in [2.24, 2.45) is 5.92 Å². The van der Waals surface area contributed by atoms with Crippen molar-refractivity contribution < 1.29 is 18.0 Å². The third-order valence-corrected chi connectivity index (χ3v) is 3.51. The molecule has 1 unspecified atom stereocenters. The lowest BCUT2D eigenvalue weighted by Crippen LogP contribution is -2.34. The van der Waals surface area contributed by atoms with E-state index in [1.54, 1.807) is 0 Å². The first-order valence-corrected chi connectivity index (χ1v) is 6.59. The third kappa shape index (κ3) is 3.50. The van der Waals surface area contributed by atoms with E-state index in [-0.39, 0.29) is 23.9 Å². The molecule has 2 rings (SSSR count). The highest BCUT2D eigenvalue weighted by molar-refractivity contribution is 5.91. The Morgan fingerprint density at radius 3 is 2.80 bits per heavy atom. The number of rotatable bonds is 3. The molecule has 0 bridgehead atoms. The van der Waals surface area contributed by atoms with Gasteiger partial charge >= 0.3 is 0 Å². The van der Waals surface area contributed by atoms with Gasteiger partial charge in [-0.25, -0.2) is 13.2 Å². The first-order chi connectivity index (χ1) is 9.47. The van der Waals surface area contributed by atoms with E-state index < -0.39 is 17.5 Å². The molecule has 1 fully saturated rings. The quantitative estimate of drug-likeness (QED) is 0.867. The molecule has 0 spiro atoms. The lowest BCUT2D eigenvalue weighted by Gasteiger charge is -2.29. The maximum absolute atomic E-state index is 13.4. The highest BCUT2D eigenvalue weighted by Crippen LogP contribution is 2.22. The Morgan fingerprint density at radius 1 is 1.35 bits per heavy atom. The van der Waals surface area contributed by atoms with Crippen LogP contribution in [0.3, 0.4) is 0 Å². The van der Waals surface area contributed by atoms with Gasteiger partial charge in [0.15, 0.2) is 17.5 Å². The van der Waals surface area contributed by atoms with Crippen LogP contribution in [-0.2, 0) is 4.79 Å². The predicted molar refractivity (Wildman–Crippen MR) is 69.8 cm³/mol. The van der Waals surface area contributed by atoms with Gasteiger partial charge < -0.3 is 10.2 Å².